The van der Waals surface area contributed by atoms with Crippen molar-refractivity contribution in [2.45, 2.75) is 26.5 Å². The molecule has 0 saturated heterocycles. The molecule has 4 rings (SSSR count). The molecule has 0 bridgehead atoms. The van der Waals surface area contributed by atoms with Gasteiger partial charge in [0.25, 0.3) is 40.5 Å². The molecule has 7 N–H and O–H groups in total. The largest absolute Gasteiger partial charge is 0.505 e. The number of phenols is 1. The summed E-state index contributed by atoms with van der Waals surface area (Å²) in [6.45, 7) is 1.37. The Labute approximate surface area is 271 Å². The van der Waals surface area contributed by atoms with E-state index in [1.54, 1.807) is 0 Å². The van der Waals surface area contributed by atoms with Gasteiger partial charge in [0.2, 0.25) is 0 Å². The molecule has 0 aromatic heterocycles. The Kier molecular flexibility index (Phi) is 10.0. The molecule has 0 spiro atoms. The molecule has 256 valence electrons. The lowest BCUT2D eigenvalue weighted by molar-refractivity contribution is 0.375. The summed E-state index contributed by atoms with van der Waals surface area (Å²) in [5, 5.41) is 24.0. The van der Waals surface area contributed by atoms with Gasteiger partial charge in [0, 0.05) is 11.5 Å². The van der Waals surface area contributed by atoms with Crippen molar-refractivity contribution < 1.29 is 71.3 Å². The molecule has 0 saturated carbocycles. The molecule has 20 nitrogen and oxygen atoms in total. The first-order valence-electron chi connectivity index (χ1n) is 12.1. The van der Waals surface area contributed by atoms with Crippen LogP contribution < -0.4 is 4.52 Å². The zero-order valence-corrected chi connectivity index (χ0v) is 27.5. The summed E-state index contributed by atoms with van der Waals surface area (Å²) >= 11 is 0. The van der Waals surface area contributed by atoms with Crippen LogP contribution in [0.4, 0.5) is 22.7 Å². The maximum Gasteiger partial charge on any atom is 0.391 e. The minimum Gasteiger partial charge on any atom is -0.505 e. The van der Waals surface area contributed by atoms with E-state index in [1.165, 1.54) is 31.2 Å². The van der Waals surface area contributed by atoms with Crippen molar-refractivity contribution in [2.24, 2.45) is 20.5 Å². The van der Waals surface area contributed by atoms with Crippen LogP contribution in [0.15, 0.2) is 94.6 Å². The molecule has 4 aromatic carbocycles. The highest BCUT2D eigenvalue weighted by atomic mass is 32.2. The third kappa shape index (κ3) is 8.31. The number of benzene rings is 4. The summed E-state index contributed by atoms with van der Waals surface area (Å²) in [6, 6.07) is 8.39. The van der Waals surface area contributed by atoms with Crippen LogP contribution in [0.5, 0.6) is 11.5 Å². The van der Waals surface area contributed by atoms with Crippen molar-refractivity contribution in [3.8, 4) is 11.5 Å². The van der Waals surface area contributed by atoms with E-state index in [2.05, 4.69) is 20.5 Å². The standard InChI is InChI=1S/C23H19N4O16PS4/c1-11-5-17(18(46(34,35)36)10-16(11)25-24-13-3-2-4-14(8-13)43-44(29)30)26-27-22-20(48(40,41)42)7-12-6-15(45(31,32)33)9-19(47(37,38)39)21(12)23(22)28/h2-10,28-30H,1H3,(H,31,32,33)(H,34,35,36)(H,37,38,39)(H,40,41,42)/b25-24+,27-26+. The van der Waals surface area contributed by atoms with E-state index in [1.807, 2.05) is 0 Å². The number of hydrogen-bond donors (Lipinski definition) is 7. The van der Waals surface area contributed by atoms with Gasteiger partial charge in [-0.2, -0.15) is 43.9 Å². The quantitative estimate of drug-likeness (QED) is 0.0673. The van der Waals surface area contributed by atoms with Crippen molar-refractivity contribution in [3.05, 3.63) is 60.2 Å². The van der Waals surface area contributed by atoms with Gasteiger partial charge in [0.1, 0.15) is 31.8 Å². The molecule has 48 heavy (non-hydrogen) atoms. The number of rotatable bonds is 10. The normalized spacial score (nSPS) is 13.2. The molecular weight excluding hydrogens is 748 g/mol. The average molecular weight is 767 g/mol. The van der Waals surface area contributed by atoms with Crippen molar-refractivity contribution in [1.29, 1.82) is 0 Å². The van der Waals surface area contributed by atoms with E-state index in [9.17, 15) is 57.0 Å². The van der Waals surface area contributed by atoms with E-state index in [-0.39, 0.29) is 28.8 Å². The van der Waals surface area contributed by atoms with Crippen LogP contribution in [-0.2, 0) is 40.5 Å². The first-order valence-corrected chi connectivity index (χ1v) is 19.1. The number of aryl methyl sites for hydroxylation is 1. The molecule has 0 aliphatic carbocycles. The lowest BCUT2D eigenvalue weighted by atomic mass is 10.1. The molecule has 0 heterocycles. The summed E-state index contributed by atoms with van der Waals surface area (Å²) < 4.78 is 140. The SMILES string of the molecule is Cc1cc(/N=N/c2c(S(=O)(=O)O)cc3cc(S(=O)(=O)O)cc(S(=O)(=O)O)c3c2O)c(S(=O)(=O)O)cc1/N=N/c1cccc(OP(O)O)c1. The zero-order valence-electron chi connectivity index (χ0n) is 23.4. The number of fused-ring (bicyclic) bond motifs is 1. The summed E-state index contributed by atoms with van der Waals surface area (Å²) in [4.78, 5) is 13.2. The van der Waals surface area contributed by atoms with Crippen LogP contribution in [0.25, 0.3) is 10.8 Å². The van der Waals surface area contributed by atoms with Crippen LogP contribution in [0.2, 0.25) is 0 Å². The van der Waals surface area contributed by atoms with Gasteiger partial charge in [-0.05, 0) is 60.3 Å². The highest BCUT2D eigenvalue weighted by Crippen LogP contribution is 2.45. The van der Waals surface area contributed by atoms with Gasteiger partial charge < -0.3 is 19.4 Å². The second kappa shape index (κ2) is 13.1. The van der Waals surface area contributed by atoms with E-state index in [0.29, 0.717) is 12.1 Å². The first-order chi connectivity index (χ1) is 22.0. The van der Waals surface area contributed by atoms with E-state index < -0.39 is 96.6 Å². The fourth-order valence-corrected chi connectivity index (χ4v) is 6.99. The molecule has 0 amide bonds. The molecule has 0 atom stereocenters. The van der Waals surface area contributed by atoms with Crippen molar-refractivity contribution in [3.63, 3.8) is 0 Å². The fourth-order valence-electron chi connectivity index (χ4n) is 4.04. The predicted octanol–water partition coefficient (Wildman–Crippen LogP) is 4.26. The second-order valence-electron chi connectivity index (χ2n) is 9.34. The molecule has 0 unspecified atom stereocenters. The Hall–Kier alpha value is -4.07. The topological polar surface area (TPSA) is 337 Å². The summed E-state index contributed by atoms with van der Waals surface area (Å²) in [5.74, 6) is -1.41. The number of azo groups is 2. The minimum atomic E-state index is -5.42. The molecule has 4 aromatic rings. The van der Waals surface area contributed by atoms with Crippen molar-refractivity contribution >= 4 is 82.6 Å². The first kappa shape index (κ1) is 36.8. The van der Waals surface area contributed by atoms with Crippen LogP contribution in [0.3, 0.4) is 0 Å². The van der Waals surface area contributed by atoms with Crippen molar-refractivity contribution in [2.75, 3.05) is 0 Å². The van der Waals surface area contributed by atoms with Crippen LogP contribution in [0.1, 0.15) is 5.56 Å². The summed E-state index contributed by atoms with van der Waals surface area (Å²) in [6.07, 6.45) is 0. The lowest BCUT2D eigenvalue weighted by Crippen LogP contribution is -2.06. The van der Waals surface area contributed by atoms with Gasteiger partial charge in [-0.25, -0.2) is 0 Å². The molecule has 0 aliphatic rings. The summed E-state index contributed by atoms with van der Waals surface area (Å²) in [7, 11) is -23.9. The zero-order chi connectivity index (χ0) is 36.0. The number of phenolic OH excluding ortho intramolecular Hbond substituents is 1. The highest BCUT2D eigenvalue weighted by molar-refractivity contribution is 7.87. The fraction of sp³-hybridized carbons (Fsp3) is 0.0435. The highest BCUT2D eigenvalue weighted by Gasteiger charge is 2.29. The maximum absolute atomic E-state index is 12.3. The Morgan fingerprint density at radius 3 is 1.81 bits per heavy atom. The maximum atomic E-state index is 12.3. The molecule has 25 heteroatoms. The van der Waals surface area contributed by atoms with Crippen LogP contribution in [0, 0.1) is 6.92 Å². The van der Waals surface area contributed by atoms with Gasteiger partial charge in [-0.3, -0.25) is 18.2 Å². The third-order valence-corrected chi connectivity index (χ3v) is 9.87. The van der Waals surface area contributed by atoms with Gasteiger partial charge in [0.05, 0.1) is 16.3 Å². The number of nitrogens with zero attached hydrogens (tertiary/aromatic N) is 4. The number of hydrogen-bond acceptors (Lipinski definition) is 16. The van der Waals surface area contributed by atoms with Crippen LogP contribution >= 0.6 is 8.60 Å². The second-order valence-corrected chi connectivity index (χ2v) is 15.6. The lowest BCUT2D eigenvalue weighted by Gasteiger charge is -2.13. The smallest absolute Gasteiger partial charge is 0.391 e. The van der Waals surface area contributed by atoms with Gasteiger partial charge in [0.15, 0.2) is 5.75 Å². The predicted molar refractivity (Wildman–Crippen MR) is 163 cm³/mol. The Bertz CT molecular complexity index is 2490. The van der Waals surface area contributed by atoms with Crippen LogP contribution in [-0.4, -0.2) is 66.8 Å². The monoisotopic (exact) mass is 766 g/mol. The van der Waals surface area contributed by atoms with E-state index in [0.717, 1.165) is 12.1 Å². The number of aromatic hydroxyl groups is 1. The van der Waals surface area contributed by atoms with Gasteiger partial charge in [-0.1, -0.05) is 6.07 Å². The Morgan fingerprint density at radius 2 is 1.25 bits per heavy atom. The van der Waals surface area contributed by atoms with Gasteiger partial charge >= 0.3 is 8.60 Å². The molecule has 0 fully saturated rings. The van der Waals surface area contributed by atoms with Crippen molar-refractivity contribution in [1.82, 2.24) is 0 Å². The molecule has 0 aliphatic heterocycles. The molecule has 0 radical (unpaired) electrons. The van der Waals surface area contributed by atoms with E-state index in [4.69, 9.17) is 14.3 Å². The average Bonchev–Trinajstić information content (AvgIpc) is 2.93. The molecular formula is C23H19N4O16PS4. The van der Waals surface area contributed by atoms with E-state index >= 15 is 0 Å². The Balaban J connectivity index is 1.93. The summed E-state index contributed by atoms with van der Waals surface area (Å²) in [5.41, 5.74) is -1.88. The Morgan fingerprint density at radius 1 is 0.646 bits per heavy atom. The van der Waals surface area contributed by atoms with Gasteiger partial charge in [-0.15, -0.1) is 10.2 Å². The minimum absolute atomic E-state index is 0.0115. The third-order valence-electron chi connectivity index (χ3n) is 6.03.